The smallest absolute Gasteiger partial charge is 0.0429 e. The molecule has 0 aromatic heterocycles. The van der Waals surface area contributed by atoms with Crippen molar-refractivity contribution in [2.45, 2.75) is 0 Å². The van der Waals surface area contributed by atoms with Gasteiger partial charge in [0.15, 0.2) is 0 Å². The van der Waals surface area contributed by atoms with Crippen LogP contribution in [-0.2, 0) is 0 Å². The van der Waals surface area contributed by atoms with Crippen LogP contribution in [0.2, 0.25) is 0 Å². The first kappa shape index (κ1) is 10.9. The van der Waals surface area contributed by atoms with Crippen molar-refractivity contribution in [2.24, 2.45) is 0 Å². The third-order valence-corrected chi connectivity index (χ3v) is 3.12. The topological polar surface area (TPSA) is 6.48 Å². The van der Waals surface area contributed by atoms with E-state index in [9.17, 15) is 0 Å². The summed E-state index contributed by atoms with van der Waals surface area (Å²) < 4.78 is 0. The van der Waals surface area contributed by atoms with Crippen LogP contribution in [0.15, 0.2) is 73.1 Å². The van der Waals surface area contributed by atoms with Crippen molar-refractivity contribution in [3.63, 3.8) is 0 Å². The molecule has 2 heteroatoms. The van der Waals surface area contributed by atoms with Crippen LogP contribution in [0.25, 0.3) is 0 Å². The van der Waals surface area contributed by atoms with Crippen LogP contribution < -0.4 is 9.80 Å². The standard InChI is InChI=1S/C16H16N2/c1-3-10-17(11-4-1)15-8-7-9-16(14-15)18-12-5-2-6-13-18/h1-10,12,14H,11,13H2. The van der Waals surface area contributed by atoms with Gasteiger partial charge in [-0.15, -0.1) is 0 Å². The molecule has 0 aliphatic carbocycles. The molecule has 0 spiro atoms. The molecule has 0 unspecified atom stereocenters. The van der Waals surface area contributed by atoms with E-state index in [2.05, 4.69) is 82.9 Å². The second kappa shape index (κ2) is 4.96. The van der Waals surface area contributed by atoms with Crippen molar-refractivity contribution in [2.75, 3.05) is 22.9 Å². The molecule has 1 aromatic carbocycles. The number of anilines is 2. The predicted octanol–water partition coefficient (Wildman–Crippen LogP) is 3.47. The van der Waals surface area contributed by atoms with E-state index in [1.165, 1.54) is 11.4 Å². The number of allylic oxidation sites excluding steroid dienone is 4. The average Bonchev–Trinajstić information content (AvgIpc) is 2.49. The van der Waals surface area contributed by atoms with E-state index >= 15 is 0 Å². The molecule has 0 atom stereocenters. The molecule has 2 aliphatic heterocycles. The average molecular weight is 236 g/mol. The number of hydrogen-bond acceptors (Lipinski definition) is 2. The maximum atomic E-state index is 2.24. The van der Waals surface area contributed by atoms with Gasteiger partial charge in [-0.2, -0.15) is 0 Å². The summed E-state index contributed by atoms with van der Waals surface area (Å²) in [5, 5.41) is 0. The highest BCUT2D eigenvalue weighted by Crippen LogP contribution is 2.24. The van der Waals surface area contributed by atoms with E-state index in [0.717, 1.165) is 13.1 Å². The van der Waals surface area contributed by atoms with Crippen LogP contribution in [0.1, 0.15) is 0 Å². The first-order chi connectivity index (χ1) is 8.93. The lowest BCUT2D eigenvalue weighted by molar-refractivity contribution is 1.05. The Labute approximate surface area is 108 Å². The Kier molecular flexibility index (Phi) is 3.01. The highest BCUT2D eigenvalue weighted by molar-refractivity contribution is 5.63. The fraction of sp³-hybridized carbons (Fsp3) is 0.125. The van der Waals surface area contributed by atoms with Gasteiger partial charge < -0.3 is 9.80 Å². The first-order valence-electron chi connectivity index (χ1n) is 6.23. The summed E-state index contributed by atoms with van der Waals surface area (Å²) >= 11 is 0. The number of nitrogens with zero attached hydrogens (tertiary/aromatic N) is 2. The zero-order valence-electron chi connectivity index (χ0n) is 10.2. The van der Waals surface area contributed by atoms with Gasteiger partial charge in [-0.3, -0.25) is 0 Å². The van der Waals surface area contributed by atoms with Crippen molar-refractivity contribution in [1.29, 1.82) is 0 Å². The van der Waals surface area contributed by atoms with E-state index in [1.807, 2.05) is 0 Å². The van der Waals surface area contributed by atoms with Crippen molar-refractivity contribution in [3.8, 4) is 0 Å². The van der Waals surface area contributed by atoms with Crippen LogP contribution in [0, 0.1) is 0 Å². The zero-order chi connectivity index (χ0) is 12.2. The third-order valence-electron chi connectivity index (χ3n) is 3.12. The highest BCUT2D eigenvalue weighted by Gasteiger charge is 2.07. The quantitative estimate of drug-likeness (QED) is 0.775. The first-order valence-corrected chi connectivity index (χ1v) is 6.23. The lowest BCUT2D eigenvalue weighted by atomic mass is 10.2. The molecule has 1 aromatic rings. The summed E-state index contributed by atoms with van der Waals surface area (Å²) in [5.74, 6) is 0. The number of benzene rings is 1. The fourth-order valence-electron chi connectivity index (χ4n) is 2.17. The highest BCUT2D eigenvalue weighted by atomic mass is 15.1. The molecule has 0 amide bonds. The van der Waals surface area contributed by atoms with Gasteiger partial charge in [-0.1, -0.05) is 30.4 Å². The second-order valence-electron chi connectivity index (χ2n) is 4.36. The number of rotatable bonds is 2. The van der Waals surface area contributed by atoms with Gasteiger partial charge in [0.25, 0.3) is 0 Å². The molecule has 90 valence electrons. The van der Waals surface area contributed by atoms with Gasteiger partial charge in [-0.05, 0) is 30.4 Å². The Balaban J connectivity index is 1.84. The van der Waals surface area contributed by atoms with E-state index in [-0.39, 0.29) is 0 Å². The van der Waals surface area contributed by atoms with Crippen LogP contribution >= 0.6 is 0 Å². The van der Waals surface area contributed by atoms with Gasteiger partial charge >= 0.3 is 0 Å². The Bertz CT molecular complexity index is 493. The molecular formula is C16H16N2. The van der Waals surface area contributed by atoms with Crippen molar-refractivity contribution >= 4 is 11.4 Å². The van der Waals surface area contributed by atoms with Crippen LogP contribution in [0.3, 0.4) is 0 Å². The van der Waals surface area contributed by atoms with Crippen LogP contribution in [-0.4, -0.2) is 13.1 Å². The maximum absolute atomic E-state index is 2.24. The molecule has 0 bridgehead atoms. The molecule has 2 heterocycles. The molecule has 0 N–H and O–H groups in total. The monoisotopic (exact) mass is 236 g/mol. The van der Waals surface area contributed by atoms with Gasteiger partial charge in [0.1, 0.15) is 0 Å². The van der Waals surface area contributed by atoms with Crippen molar-refractivity contribution in [1.82, 2.24) is 0 Å². The summed E-state index contributed by atoms with van der Waals surface area (Å²) in [5.41, 5.74) is 2.46. The molecule has 2 aliphatic rings. The van der Waals surface area contributed by atoms with E-state index in [4.69, 9.17) is 0 Å². The summed E-state index contributed by atoms with van der Waals surface area (Å²) in [6, 6.07) is 8.64. The van der Waals surface area contributed by atoms with Gasteiger partial charge in [0, 0.05) is 36.9 Å². The van der Waals surface area contributed by atoms with Gasteiger partial charge in [-0.25, -0.2) is 0 Å². The fourth-order valence-corrected chi connectivity index (χ4v) is 2.17. The van der Waals surface area contributed by atoms with Gasteiger partial charge in [0.2, 0.25) is 0 Å². The molecule has 2 nitrogen and oxygen atoms in total. The normalized spacial score (nSPS) is 17.6. The van der Waals surface area contributed by atoms with E-state index in [0.29, 0.717) is 0 Å². The van der Waals surface area contributed by atoms with Crippen molar-refractivity contribution < 1.29 is 0 Å². The molecule has 0 saturated heterocycles. The Morgan fingerprint density at radius 1 is 0.722 bits per heavy atom. The molecule has 0 fully saturated rings. The lowest BCUT2D eigenvalue weighted by Gasteiger charge is -2.25. The molecular weight excluding hydrogens is 220 g/mol. The minimum Gasteiger partial charge on any atom is -0.344 e. The summed E-state index contributed by atoms with van der Waals surface area (Å²) in [6.45, 7) is 1.88. The molecule has 0 radical (unpaired) electrons. The Morgan fingerprint density at radius 3 is 1.72 bits per heavy atom. The molecule has 0 saturated carbocycles. The minimum atomic E-state index is 0.940. The predicted molar refractivity (Wildman–Crippen MR) is 77.7 cm³/mol. The molecule has 3 rings (SSSR count). The number of hydrogen-bond donors (Lipinski definition) is 0. The van der Waals surface area contributed by atoms with Crippen LogP contribution in [0.5, 0.6) is 0 Å². The van der Waals surface area contributed by atoms with E-state index in [1.54, 1.807) is 0 Å². The maximum Gasteiger partial charge on any atom is 0.0429 e. The van der Waals surface area contributed by atoms with Crippen molar-refractivity contribution in [3.05, 3.63) is 73.1 Å². The van der Waals surface area contributed by atoms with Crippen LogP contribution in [0.4, 0.5) is 11.4 Å². The lowest BCUT2D eigenvalue weighted by Crippen LogP contribution is -2.20. The zero-order valence-corrected chi connectivity index (χ0v) is 10.2. The molecule has 18 heavy (non-hydrogen) atoms. The largest absolute Gasteiger partial charge is 0.344 e. The third kappa shape index (κ3) is 2.23. The second-order valence-corrected chi connectivity index (χ2v) is 4.36. The minimum absolute atomic E-state index is 0.940. The van der Waals surface area contributed by atoms with E-state index < -0.39 is 0 Å². The summed E-state index contributed by atoms with van der Waals surface area (Å²) in [6.07, 6.45) is 16.9. The Morgan fingerprint density at radius 2 is 1.28 bits per heavy atom. The SMILES string of the molecule is C1=CCN(c2cccc(N3C=CC=CC3)c2)C=C1. The Hall–Kier alpha value is -2.22. The summed E-state index contributed by atoms with van der Waals surface area (Å²) in [4.78, 5) is 4.49. The summed E-state index contributed by atoms with van der Waals surface area (Å²) in [7, 11) is 0. The van der Waals surface area contributed by atoms with Gasteiger partial charge in [0.05, 0.1) is 0 Å².